The number of carbonyl (C=O) groups is 3. The molecule has 1 amide bonds. The predicted octanol–water partition coefficient (Wildman–Crippen LogP) is -1.42. The summed E-state index contributed by atoms with van der Waals surface area (Å²) in [5.74, 6) is -4.67. The molecule has 0 aliphatic carbocycles. The van der Waals surface area contributed by atoms with E-state index in [1.165, 1.54) is 0 Å². The van der Waals surface area contributed by atoms with Crippen molar-refractivity contribution < 1.29 is 24.6 Å². The SMILES string of the molecule is NC(=O)CN1CCC(C(=O)O)C(C(=O)O)C1. The molecule has 0 aromatic rings. The number of rotatable bonds is 4. The first-order chi connectivity index (χ1) is 7.41. The maximum absolute atomic E-state index is 10.9. The molecule has 0 spiro atoms. The van der Waals surface area contributed by atoms with Gasteiger partial charge in [0.25, 0.3) is 0 Å². The molecule has 1 aliphatic rings. The monoisotopic (exact) mass is 230 g/mol. The molecule has 0 bridgehead atoms. The Labute approximate surface area is 91.8 Å². The Morgan fingerprint density at radius 2 is 1.75 bits per heavy atom. The molecule has 90 valence electrons. The van der Waals surface area contributed by atoms with Crippen LogP contribution in [-0.4, -0.2) is 52.6 Å². The third kappa shape index (κ3) is 2.93. The molecule has 4 N–H and O–H groups in total. The molecule has 1 fully saturated rings. The first-order valence-corrected chi connectivity index (χ1v) is 4.88. The van der Waals surface area contributed by atoms with Gasteiger partial charge in [-0.15, -0.1) is 0 Å². The lowest BCUT2D eigenvalue weighted by Crippen LogP contribution is -2.48. The van der Waals surface area contributed by atoms with Crippen LogP contribution in [0.4, 0.5) is 0 Å². The lowest BCUT2D eigenvalue weighted by Gasteiger charge is -2.33. The van der Waals surface area contributed by atoms with Gasteiger partial charge in [-0.25, -0.2) is 0 Å². The number of nitrogens with two attached hydrogens (primary N) is 1. The van der Waals surface area contributed by atoms with Crippen molar-refractivity contribution in [3.8, 4) is 0 Å². The molecule has 0 aromatic heterocycles. The number of aliphatic carboxylic acids is 2. The van der Waals surface area contributed by atoms with E-state index in [1.807, 2.05) is 0 Å². The molecular weight excluding hydrogens is 216 g/mol. The Morgan fingerprint density at radius 1 is 1.19 bits per heavy atom. The number of carboxylic acids is 2. The van der Waals surface area contributed by atoms with Crippen molar-refractivity contribution in [1.29, 1.82) is 0 Å². The standard InChI is InChI=1S/C9H14N2O5/c10-7(12)4-11-2-1-5(8(13)14)6(3-11)9(15)16/h5-6H,1-4H2,(H2,10,12)(H,13,14)(H,15,16). The van der Waals surface area contributed by atoms with Crippen molar-refractivity contribution in [1.82, 2.24) is 4.90 Å². The van der Waals surface area contributed by atoms with Gasteiger partial charge in [-0.2, -0.15) is 0 Å². The molecule has 1 aliphatic heterocycles. The van der Waals surface area contributed by atoms with E-state index in [-0.39, 0.29) is 19.5 Å². The Morgan fingerprint density at radius 3 is 2.19 bits per heavy atom. The highest BCUT2D eigenvalue weighted by molar-refractivity contribution is 5.81. The number of hydrogen-bond donors (Lipinski definition) is 3. The molecule has 16 heavy (non-hydrogen) atoms. The van der Waals surface area contributed by atoms with Crippen molar-refractivity contribution in [3.05, 3.63) is 0 Å². The van der Waals surface area contributed by atoms with Crippen LogP contribution in [-0.2, 0) is 14.4 Å². The predicted molar refractivity (Wildman–Crippen MR) is 52.5 cm³/mol. The van der Waals surface area contributed by atoms with Gasteiger partial charge in [-0.1, -0.05) is 0 Å². The highest BCUT2D eigenvalue weighted by Crippen LogP contribution is 2.24. The van der Waals surface area contributed by atoms with Gasteiger partial charge in [0.1, 0.15) is 0 Å². The zero-order valence-corrected chi connectivity index (χ0v) is 8.63. The van der Waals surface area contributed by atoms with Crippen LogP contribution in [0, 0.1) is 11.8 Å². The number of likely N-dealkylation sites (tertiary alicyclic amines) is 1. The average molecular weight is 230 g/mol. The van der Waals surface area contributed by atoms with Gasteiger partial charge in [0.2, 0.25) is 5.91 Å². The summed E-state index contributed by atoms with van der Waals surface area (Å²) < 4.78 is 0. The third-order valence-corrected chi connectivity index (χ3v) is 2.71. The number of carbonyl (C=O) groups excluding carboxylic acids is 1. The van der Waals surface area contributed by atoms with Crippen LogP contribution in [0.2, 0.25) is 0 Å². The molecule has 1 saturated heterocycles. The minimum atomic E-state index is -1.15. The lowest BCUT2D eigenvalue weighted by atomic mass is 9.85. The molecule has 7 nitrogen and oxygen atoms in total. The second-order valence-electron chi connectivity index (χ2n) is 3.88. The molecule has 0 saturated carbocycles. The quantitative estimate of drug-likeness (QED) is 0.545. The van der Waals surface area contributed by atoms with E-state index in [9.17, 15) is 14.4 Å². The van der Waals surface area contributed by atoms with E-state index in [4.69, 9.17) is 15.9 Å². The van der Waals surface area contributed by atoms with Crippen LogP contribution in [0.5, 0.6) is 0 Å². The number of nitrogens with zero attached hydrogens (tertiary/aromatic N) is 1. The molecule has 1 heterocycles. The van der Waals surface area contributed by atoms with E-state index >= 15 is 0 Å². The van der Waals surface area contributed by atoms with Crippen LogP contribution in [0.3, 0.4) is 0 Å². The molecule has 0 radical (unpaired) electrons. The molecule has 2 atom stereocenters. The fraction of sp³-hybridized carbons (Fsp3) is 0.667. The Kier molecular flexibility index (Phi) is 3.83. The third-order valence-electron chi connectivity index (χ3n) is 2.71. The molecule has 2 unspecified atom stereocenters. The minimum Gasteiger partial charge on any atom is -0.481 e. The second kappa shape index (κ2) is 4.93. The summed E-state index contributed by atoms with van der Waals surface area (Å²) in [6, 6.07) is 0. The minimum absolute atomic E-state index is 0.0316. The Balaban J connectivity index is 2.68. The highest BCUT2D eigenvalue weighted by Gasteiger charge is 2.38. The van der Waals surface area contributed by atoms with E-state index in [2.05, 4.69) is 0 Å². The molecule has 1 rings (SSSR count). The van der Waals surface area contributed by atoms with E-state index in [0.717, 1.165) is 0 Å². The van der Waals surface area contributed by atoms with Gasteiger partial charge >= 0.3 is 11.9 Å². The van der Waals surface area contributed by atoms with Gasteiger partial charge in [-0.3, -0.25) is 19.3 Å². The van der Waals surface area contributed by atoms with Gasteiger partial charge in [0.15, 0.2) is 0 Å². The molecule has 0 aromatic carbocycles. The van der Waals surface area contributed by atoms with E-state index in [0.29, 0.717) is 6.54 Å². The molecular formula is C9H14N2O5. The van der Waals surface area contributed by atoms with Crippen molar-refractivity contribution in [3.63, 3.8) is 0 Å². The smallest absolute Gasteiger partial charge is 0.308 e. The Bertz CT molecular complexity index is 317. The summed E-state index contributed by atoms with van der Waals surface area (Å²) in [5.41, 5.74) is 4.99. The summed E-state index contributed by atoms with van der Waals surface area (Å²) >= 11 is 0. The number of primary amides is 1. The fourth-order valence-electron chi connectivity index (χ4n) is 1.93. The van der Waals surface area contributed by atoms with Crippen LogP contribution >= 0.6 is 0 Å². The summed E-state index contributed by atoms with van der Waals surface area (Å²) in [6.07, 6.45) is 0.222. The number of amides is 1. The van der Waals surface area contributed by atoms with Crippen LogP contribution in [0.1, 0.15) is 6.42 Å². The van der Waals surface area contributed by atoms with Crippen molar-refractivity contribution in [2.75, 3.05) is 19.6 Å². The van der Waals surface area contributed by atoms with Crippen LogP contribution in [0.15, 0.2) is 0 Å². The largest absolute Gasteiger partial charge is 0.481 e. The fourth-order valence-corrected chi connectivity index (χ4v) is 1.93. The zero-order valence-electron chi connectivity index (χ0n) is 8.63. The molecule has 7 heteroatoms. The zero-order chi connectivity index (χ0) is 12.3. The van der Waals surface area contributed by atoms with E-state index < -0.39 is 29.7 Å². The number of hydrogen-bond acceptors (Lipinski definition) is 4. The van der Waals surface area contributed by atoms with Crippen LogP contribution in [0.25, 0.3) is 0 Å². The summed E-state index contributed by atoms with van der Waals surface area (Å²) in [5, 5.41) is 17.8. The van der Waals surface area contributed by atoms with Crippen molar-refractivity contribution in [2.24, 2.45) is 17.6 Å². The number of piperidine rings is 1. The van der Waals surface area contributed by atoms with Gasteiger partial charge in [0, 0.05) is 6.54 Å². The van der Waals surface area contributed by atoms with Gasteiger partial charge in [-0.05, 0) is 13.0 Å². The summed E-state index contributed by atoms with van der Waals surface area (Å²) in [6.45, 7) is 0.398. The average Bonchev–Trinajstić information content (AvgIpc) is 2.16. The first kappa shape index (κ1) is 12.4. The van der Waals surface area contributed by atoms with Crippen molar-refractivity contribution >= 4 is 17.8 Å². The van der Waals surface area contributed by atoms with Crippen molar-refractivity contribution in [2.45, 2.75) is 6.42 Å². The second-order valence-corrected chi connectivity index (χ2v) is 3.88. The van der Waals surface area contributed by atoms with Gasteiger partial charge < -0.3 is 15.9 Å². The first-order valence-electron chi connectivity index (χ1n) is 4.88. The normalized spacial score (nSPS) is 26.2. The highest BCUT2D eigenvalue weighted by atomic mass is 16.4. The van der Waals surface area contributed by atoms with E-state index in [1.54, 1.807) is 4.90 Å². The summed E-state index contributed by atoms with van der Waals surface area (Å²) in [7, 11) is 0. The maximum Gasteiger partial charge on any atom is 0.308 e. The summed E-state index contributed by atoms with van der Waals surface area (Å²) in [4.78, 5) is 34.0. The number of carboxylic acid groups (broad SMARTS) is 2. The topological polar surface area (TPSA) is 121 Å². The van der Waals surface area contributed by atoms with Gasteiger partial charge in [0.05, 0.1) is 18.4 Å². The van der Waals surface area contributed by atoms with Crippen LogP contribution < -0.4 is 5.73 Å². The Hall–Kier alpha value is -1.63. The maximum atomic E-state index is 10.9. The lowest BCUT2D eigenvalue weighted by molar-refractivity contribution is -0.157.